The van der Waals surface area contributed by atoms with Crippen LogP contribution in [0, 0.1) is 0 Å². The second-order valence-corrected chi connectivity index (χ2v) is 7.23. The van der Waals surface area contributed by atoms with Gasteiger partial charge in [0.1, 0.15) is 0 Å². The van der Waals surface area contributed by atoms with E-state index in [1.54, 1.807) is 0 Å². The van der Waals surface area contributed by atoms with Gasteiger partial charge < -0.3 is 19.7 Å². The van der Waals surface area contributed by atoms with E-state index in [0.717, 1.165) is 45.6 Å². The Morgan fingerprint density at radius 1 is 1.15 bits per heavy atom. The zero-order valence-corrected chi connectivity index (χ0v) is 13.1. The summed E-state index contributed by atoms with van der Waals surface area (Å²) in [7, 11) is 4.48. The van der Waals surface area contributed by atoms with Gasteiger partial charge in [-0.05, 0) is 39.8 Å². The van der Waals surface area contributed by atoms with Gasteiger partial charge in [0.05, 0.1) is 12.2 Å². The van der Waals surface area contributed by atoms with E-state index in [0.29, 0.717) is 11.6 Å². The quantitative estimate of drug-likeness (QED) is 0.852. The van der Waals surface area contributed by atoms with Crippen molar-refractivity contribution in [2.45, 2.75) is 62.1 Å². The Labute approximate surface area is 123 Å². The van der Waals surface area contributed by atoms with Crippen molar-refractivity contribution in [1.29, 1.82) is 0 Å². The van der Waals surface area contributed by atoms with Crippen LogP contribution >= 0.6 is 0 Å². The summed E-state index contributed by atoms with van der Waals surface area (Å²) in [6.07, 6.45) is 8.78. The van der Waals surface area contributed by atoms with E-state index < -0.39 is 0 Å². The van der Waals surface area contributed by atoms with E-state index in [4.69, 9.17) is 9.47 Å². The Balaban J connectivity index is 1.55. The molecule has 1 saturated carbocycles. The molecule has 20 heavy (non-hydrogen) atoms. The molecule has 3 aliphatic rings. The molecule has 1 spiro atoms. The molecule has 2 saturated heterocycles. The van der Waals surface area contributed by atoms with E-state index in [-0.39, 0.29) is 5.60 Å². The van der Waals surface area contributed by atoms with Gasteiger partial charge in [-0.2, -0.15) is 0 Å². The van der Waals surface area contributed by atoms with Crippen molar-refractivity contribution in [2.75, 3.05) is 40.5 Å². The highest BCUT2D eigenvalue weighted by Crippen LogP contribution is 2.35. The Morgan fingerprint density at radius 2 is 1.95 bits per heavy atom. The standard InChI is InChI=1S/C16H30N2O2/c1-18(2)15(6-3-4-7-15)12-17-14-5-9-20-16(11-14)8-10-19-13-16/h14,17H,3-13H2,1-2H3. The average molecular weight is 282 g/mol. The highest BCUT2D eigenvalue weighted by atomic mass is 16.6. The van der Waals surface area contributed by atoms with Crippen molar-refractivity contribution < 1.29 is 9.47 Å². The molecule has 4 heteroatoms. The van der Waals surface area contributed by atoms with E-state index in [9.17, 15) is 0 Å². The molecule has 1 aliphatic carbocycles. The fourth-order valence-electron chi connectivity index (χ4n) is 4.21. The highest BCUT2D eigenvalue weighted by Gasteiger charge is 2.42. The maximum Gasteiger partial charge on any atom is 0.0951 e. The zero-order chi connectivity index (χ0) is 14.1. The predicted octanol–water partition coefficient (Wildman–Crippen LogP) is 1.79. The van der Waals surface area contributed by atoms with Crippen LogP contribution in [0.15, 0.2) is 0 Å². The van der Waals surface area contributed by atoms with Crippen molar-refractivity contribution in [2.24, 2.45) is 0 Å². The highest BCUT2D eigenvalue weighted by molar-refractivity contribution is 4.98. The average Bonchev–Trinajstić information content (AvgIpc) is 3.07. The lowest BCUT2D eigenvalue weighted by Crippen LogP contribution is -2.54. The summed E-state index contributed by atoms with van der Waals surface area (Å²) < 4.78 is 11.6. The number of ether oxygens (including phenoxy) is 2. The fraction of sp³-hybridized carbons (Fsp3) is 1.00. The lowest BCUT2D eigenvalue weighted by Gasteiger charge is -2.41. The maximum absolute atomic E-state index is 6.03. The first-order valence-corrected chi connectivity index (χ1v) is 8.27. The summed E-state index contributed by atoms with van der Waals surface area (Å²) in [5.41, 5.74) is 0.411. The second-order valence-electron chi connectivity index (χ2n) is 7.23. The normalized spacial score (nSPS) is 37.0. The van der Waals surface area contributed by atoms with Crippen LogP contribution in [0.25, 0.3) is 0 Å². The third-order valence-electron chi connectivity index (χ3n) is 5.76. The van der Waals surface area contributed by atoms with Gasteiger partial charge in [-0.3, -0.25) is 0 Å². The minimum atomic E-state index is 0.0247. The first-order chi connectivity index (χ1) is 9.64. The molecule has 2 aliphatic heterocycles. The molecule has 0 aromatic rings. The lowest BCUT2D eigenvalue weighted by molar-refractivity contribution is -0.0902. The van der Waals surface area contributed by atoms with Gasteiger partial charge in [-0.25, -0.2) is 0 Å². The van der Waals surface area contributed by atoms with Crippen molar-refractivity contribution in [3.8, 4) is 0 Å². The summed E-state index contributed by atoms with van der Waals surface area (Å²) in [5, 5.41) is 3.86. The van der Waals surface area contributed by atoms with Crippen molar-refractivity contribution in [3.05, 3.63) is 0 Å². The molecule has 0 radical (unpaired) electrons. The molecule has 2 unspecified atom stereocenters. The van der Waals surface area contributed by atoms with Gasteiger partial charge in [0, 0.05) is 37.8 Å². The molecule has 2 heterocycles. The molecule has 0 bridgehead atoms. The first kappa shape index (κ1) is 14.8. The van der Waals surface area contributed by atoms with Gasteiger partial charge in [-0.15, -0.1) is 0 Å². The number of rotatable bonds is 4. The Bertz CT molecular complexity index is 320. The monoisotopic (exact) mass is 282 g/mol. The number of hydrogen-bond acceptors (Lipinski definition) is 4. The van der Waals surface area contributed by atoms with Gasteiger partial charge in [0.15, 0.2) is 0 Å². The SMILES string of the molecule is CN(C)C1(CNC2CCOC3(CCOC3)C2)CCCC1. The van der Waals surface area contributed by atoms with Crippen LogP contribution in [0.1, 0.15) is 44.9 Å². The molecule has 1 N–H and O–H groups in total. The number of hydrogen-bond donors (Lipinski definition) is 1. The van der Waals surface area contributed by atoms with Crippen molar-refractivity contribution in [3.63, 3.8) is 0 Å². The fourth-order valence-corrected chi connectivity index (χ4v) is 4.21. The second kappa shape index (κ2) is 5.91. The van der Waals surface area contributed by atoms with Gasteiger partial charge in [0.25, 0.3) is 0 Å². The number of nitrogens with zero attached hydrogens (tertiary/aromatic N) is 1. The van der Waals surface area contributed by atoms with E-state index in [2.05, 4.69) is 24.3 Å². The smallest absolute Gasteiger partial charge is 0.0951 e. The Hall–Kier alpha value is -0.160. The van der Waals surface area contributed by atoms with E-state index in [1.165, 1.54) is 25.7 Å². The Morgan fingerprint density at radius 3 is 2.60 bits per heavy atom. The van der Waals surface area contributed by atoms with Gasteiger partial charge >= 0.3 is 0 Å². The molecule has 3 rings (SSSR count). The third-order valence-corrected chi connectivity index (χ3v) is 5.76. The molecule has 0 amide bonds. The molecule has 3 fully saturated rings. The molecule has 116 valence electrons. The summed E-state index contributed by atoms with van der Waals surface area (Å²) in [4.78, 5) is 2.45. The van der Waals surface area contributed by atoms with Gasteiger partial charge in [0.2, 0.25) is 0 Å². The maximum atomic E-state index is 6.03. The minimum absolute atomic E-state index is 0.0247. The van der Waals surface area contributed by atoms with E-state index in [1.807, 2.05) is 0 Å². The number of likely N-dealkylation sites (N-methyl/N-ethyl adjacent to an activating group) is 1. The van der Waals surface area contributed by atoms with Crippen LogP contribution in [0.4, 0.5) is 0 Å². The third kappa shape index (κ3) is 2.89. The van der Waals surface area contributed by atoms with Crippen LogP contribution < -0.4 is 5.32 Å². The van der Waals surface area contributed by atoms with Crippen molar-refractivity contribution >= 4 is 0 Å². The van der Waals surface area contributed by atoms with Crippen LogP contribution in [-0.2, 0) is 9.47 Å². The predicted molar refractivity (Wildman–Crippen MR) is 80.0 cm³/mol. The molecule has 0 aromatic carbocycles. The van der Waals surface area contributed by atoms with E-state index >= 15 is 0 Å². The van der Waals surface area contributed by atoms with Crippen molar-refractivity contribution in [1.82, 2.24) is 10.2 Å². The Kier molecular flexibility index (Phi) is 4.37. The summed E-state index contributed by atoms with van der Waals surface area (Å²) >= 11 is 0. The van der Waals surface area contributed by atoms with Crippen LogP contribution in [0.5, 0.6) is 0 Å². The number of nitrogens with one attached hydrogen (secondary N) is 1. The summed E-state index contributed by atoms with van der Waals surface area (Å²) in [5.74, 6) is 0. The summed E-state index contributed by atoms with van der Waals surface area (Å²) in [6.45, 7) is 3.68. The van der Waals surface area contributed by atoms with Gasteiger partial charge in [-0.1, -0.05) is 12.8 Å². The molecule has 2 atom stereocenters. The largest absolute Gasteiger partial charge is 0.378 e. The zero-order valence-electron chi connectivity index (χ0n) is 13.1. The lowest BCUT2D eigenvalue weighted by atomic mass is 9.88. The van der Waals surface area contributed by atoms with Crippen LogP contribution in [0.3, 0.4) is 0 Å². The molecular weight excluding hydrogens is 252 g/mol. The van der Waals surface area contributed by atoms with Crippen LogP contribution in [-0.4, -0.2) is 62.5 Å². The topological polar surface area (TPSA) is 33.7 Å². The first-order valence-electron chi connectivity index (χ1n) is 8.27. The summed E-state index contributed by atoms with van der Waals surface area (Å²) in [6, 6.07) is 0.600. The molecule has 4 nitrogen and oxygen atoms in total. The molecule has 0 aromatic heterocycles. The molecular formula is C16H30N2O2. The minimum Gasteiger partial charge on any atom is -0.378 e. The van der Waals surface area contributed by atoms with Crippen LogP contribution in [0.2, 0.25) is 0 Å².